The summed E-state index contributed by atoms with van der Waals surface area (Å²) in [5, 5.41) is 0. The zero-order valence-corrected chi connectivity index (χ0v) is 9.39. The molecule has 0 aromatic carbocycles. The SMILES string of the molecule is [Co].[Cr].[GaH3].[Nb].[Ni].[Sc]. The van der Waals surface area contributed by atoms with Crippen molar-refractivity contribution in [1.29, 1.82) is 0 Å². The van der Waals surface area contributed by atoms with Gasteiger partial charge < -0.3 is 0 Å². The Morgan fingerprint density at radius 2 is 1.00 bits per heavy atom. The van der Waals surface area contributed by atoms with Crippen molar-refractivity contribution in [2.24, 2.45) is 0 Å². The summed E-state index contributed by atoms with van der Waals surface area (Å²) in [7, 11) is 0. The van der Waals surface area contributed by atoms with Crippen LogP contribution in [-0.4, -0.2) is 19.8 Å². The van der Waals surface area contributed by atoms with Crippen LogP contribution in [-0.2, 0) is 98.9 Å². The van der Waals surface area contributed by atoms with Crippen LogP contribution in [0.4, 0.5) is 0 Å². The Bertz CT molecular complexity index is 15.5. The topological polar surface area (TPSA) is 0 Å². The molecule has 0 rings (SSSR count). The molecule has 0 nitrogen and oxygen atoms in total. The molecular weight excluding hydrogens is 377 g/mol. The number of hydrogen-bond acceptors (Lipinski definition) is 0. The van der Waals surface area contributed by atoms with E-state index in [1.807, 2.05) is 0 Å². The van der Waals surface area contributed by atoms with E-state index in [0.717, 1.165) is 0 Å². The molecule has 6 heteroatoms. The van der Waals surface area contributed by atoms with E-state index >= 15 is 0 Å². The van der Waals surface area contributed by atoms with Gasteiger partial charge in [-0.25, -0.2) is 0 Å². The molecule has 0 aliphatic carbocycles. The average Bonchev–Trinajstić information content (AvgIpc) is 0. The van der Waals surface area contributed by atoms with Crippen molar-refractivity contribution in [3.05, 3.63) is 0 Å². The van der Waals surface area contributed by atoms with Gasteiger partial charge in [0.05, 0.1) is 0 Å². The molecule has 0 aliphatic rings. The van der Waals surface area contributed by atoms with Gasteiger partial charge in [0.2, 0.25) is 0 Å². The Labute approximate surface area is 116 Å². The van der Waals surface area contributed by atoms with E-state index in [2.05, 4.69) is 0 Å². The Balaban J connectivity index is 0. The van der Waals surface area contributed by atoms with Crippen molar-refractivity contribution < 1.29 is 98.9 Å². The first kappa shape index (κ1) is 52.8. The molecule has 0 spiro atoms. The summed E-state index contributed by atoms with van der Waals surface area (Å²) in [5.74, 6) is 0. The average molecular weight is 380 g/mol. The fourth-order valence-corrected chi connectivity index (χ4v) is 0. The fraction of sp³-hybridized carbons (Fsp3) is 0. The van der Waals surface area contributed by atoms with Crippen LogP contribution in [0.25, 0.3) is 0 Å². The monoisotopic (exact) mass is 379 g/mol. The normalized spacial score (nSPS) is 0. The summed E-state index contributed by atoms with van der Waals surface area (Å²) in [4.78, 5) is 0. The summed E-state index contributed by atoms with van der Waals surface area (Å²) in [6, 6.07) is 0. The van der Waals surface area contributed by atoms with Crippen LogP contribution in [0.5, 0.6) is 0 Å². The molecule has 0 saturated carbocycles. The second-order valence-electron chi connectivity index (χ2n) is 0. The standard InChI is InChI=1S/Co.Cr.Ga.Nb.Ni.Sc.3H. The molecule has 0 aromatic rings. The van der Waals surface area contributed by atoms with E-state index in [0.29, 0.717) is 0 Å². The van der Waals surface area contributed by atoms with Crippen molar-refractivity contribution in [2.45, 2.75) is 0 Å². The smallest absolute Gasteiger partial charge is 0 e. The fourth-order valence-electron chi connectivity index (χ4n) is 0. The molecule has 6 heavy (non-hydrogen) atoms. The Kier molecular flexibility index (Phi) is 327. The summed E-state index contributed by atoms with van der Waals surface area (Å²) < 4.78 is 0. The molecule has 0 amide bonds. The van der Waals surface area contributed by atoms with Gasteiger partial charge in [-0.3, -0.25) is 0 Å². The summed E-state index contributed by atoms with van der Waals surface area (Å²) in [6.07, 6.45) is 0. The third-order valence-corrected chi connectivity index (χ3v) is 0. The van der Waals surface area contributed by atoms with Gasteiger partial charge in [0, 0.05) is 98.9 Å². The number of hydrogen-bond donors (Lipinski definition) is 0. The zero-order chi connectivity index (χ0) is 0. The maximum atomic E-state index is 0. The second-order valence-corrected chi connectivity index (χ2v) is 0. The van der Waals surface area contributed by atoms with Crippen molar-refractivity contribution in [3.63, 3.8) is 0 Å². The predicted molar refractivity (Wildman–Crippen MR) is 9.94 cm³/mol. The molecule has 0 bridgehead atoms. The van der Waals surface area contributed by atoms with Crippen molar-refractivity contribution >= 4 is 19.8 Å². The van der Waals surface area contributed by atoms with Crippen LogP contribution in [0.2, 0.25) is 0 Å². The van der Waals surface area contributed by atoms with Crippen LogP contribution < -0.4 is 0 Å². The van der Waals surface area contributed by atoms with Gasteiger partial charge in [0.1, 0.15) is 0 Å². The molecule has 39 valence electrons. The third-order valence-electron chi connectivity index (χ3n) is 0. The van der Waals surface area contributed by atoms with E-state index in [9.17, 15) is 0 Å². The minimum atomic E-state index is 0. The van der Waals surface area contributed by atoms with Gasteiger partial charge >= 0.3 is 19.8 Å². The summed E-state index contributed by atoms with van der Waals surface area (Å²) in [6.45, 7) is 0. The van der Waals surface area contributed by atoms with Crippen LogP contribution >= 0.6 is 0 Å². The molecule has 0 aliphatic heterocycles. The molecule has 0 fully saturated rings. The van der Waals surface area contributed by atoms with E-state index in [1.54, 1.807) is 0 Å². The van der Waals surface area contributed by atoms with Crippen LogP contribution in [0.3, 0.4) is 0 Å². The van der Waals surface area contributed by atoms with E-state index in [1.165, 1.54) is 0 Å². The molecule has 0 atom stereocenters. The maximum absolute atomic E-state index is 0. The van der Waals surface area contributed by atoms with Gasteiger partial charge in [-0.15, -0.1) is 0 Å². The predicted octanol–water partition coefficient (Wildman–Crippen LogP) is -1.20. The summed E-state index contributed by atoms with van der Waals surface area (Å²) >= 11 is 0. The molecule has 0 saturated heterocycles. The second kappa shape index (κ2) is 37.2. The van der Waals surface area contributed by atoms with Crippen LogP contribution in [0, 0.1) is 0 Å². The van der Waals surface area contributed by atoms with Crippen LogP contribution in [0.15, 0.2) is 0 Å². The van der Waals surface area contributed by atoms with Crippen molar-refractivity contribution in [2.75, 3.05) is 0 Å². The van der Waals surface area contributed by atoms with Crippen molar-refractivity contribution in [3.8, 4) is 0 Å². The van der Waals surface area contributed by atoms with Gasteiger partial charge in [0.25, 0.3) is 0 Å². The van der Waals surface area contributed by atoms with Gasteiger partial charge in [-0.05, 0) is 0 Å². The van der Waals surface area contributed by atoms with Crippen molar-refractivity contribution in [1.82, 2.24) is 0 Å². The molecule has 3 radical (unpaired) electrons. The molecule has 0 unspecified atom stereocenters. The molecule has 0 N–H and O–H groups in total. The van der Waals surface area contributed by atoms with Gasteiger partial charge in [-0.2, -0.15) is 0 Å². The first-order chi connectivity index (χ1) is 0. The Morgan fingerprint density at radius 3 is 1.00 bits per heavy atom. The third kappa shape index (κ3) is 25.0. The van der Waals surface area contributed by atoms with Gasteiger partial charge in [0.15, 0.2) is 0 Å². The molecular formula is H3CoCrGaNbNiSc. The maximum Gasteiger partial charge on any atom is 0 e. The quantitative estimate of drug-likeness (QED) is 0.464. The zero-order valence-electron chi connectivity index (χ0n) is 2.08. The first-order valence-corrected chi connectivity index (χ1v) is 0. The summed E-state index contributed by atoms with van der Waals surface area (Å²) in [5.41, 5.74) is 0. The van der Waals surface area contributed by atoms with E-state index in [-0.39, 0.29) is 119 Å². The minimum absolute atomic E-state index is 0. The molecule has 0 heterocycles. The van der Waals surface area contributed by atoms with E-state index < -0.39 is 0 Å². The molecule has 0 aromatic heterocycles. The largest absolute Gasteiger partial charge is 0 e. The minimum Gasteiger partial charge on any atom is 0 e. The Morgan fingerprint density at radius 1 is 1.00 bits per heavy atom. The van der Waals surface area contributed by atoms with Crippen LogP contribution in [0.1, 0.15) is 0 Å². The van der Waals surface area contributed by atoms with Gasteiger partial charge in [-0.1, -0.05) is 0 Å². The van der Waals surface area contributed by atoms with E-state index in [4.69, 9.17) is 0 Å². The Hall–Kier alpha value is 3.78. The number of rotatable bonds is 0. The first-order valence-electron chi connectivity index (χ1n) is 0.